The SMILES string of the molecule is CCN(C(=O)c1ccnc2c1nnn2C)C1CC(C)(C)C1. The van der Waals surface area contributed by atoms with Gasteiger partial charge in [-0.2, -0.15) is 0 Å². The Morgan fingerprint density at radius 2 is 2.19 bits per heavy atom. The van der Waals surface area contributed by atoms with Gasteiger partial charge in [-0.25, -0.2) is 9.67 Å². The second-order valence-corrected chi connectivity index (χ2v) is 6.56. The van der Waals surface area contributed by atoms with Gasteiger partial charge in [-0.15, -0.1) is 5.10 Å². The summed E-state index contributed by atoms with van der Waals surface area (Å²) in [4.78, 5) is 19.1. The van der Waals surface area contributed by atoms with Crippen LogP contribution in [0.15, 0.2) is 12.3 Å². The molecule has 1 saturated carbocycles. The van der Waals surface area contributed by atoms with Crippen molar-refractivity contribution in [1.29, 1.82) is 0 Å². The van der Waals surface area contributed by atoms with Crippen molar-refractivity contribution >= 4 is 17.1 Å². The van der Waals surface area contributed by atoms with Gasteiger partial charge in [-0.1, -0.05) is 19.1 Å². The number of pyridine rings is 1. The maximum atomic E-state index is 12.9. The Morgan fingerprint density at radius 1 is 1.48 bits per heavy atom. The molecule has 6 nitrogen and oxygen atoms in total. The van der Waals surface area contributed by atoms with Crippen molar-refractivity contribution < 1.29 is 4.79 Å². The number of carbonyl (C=O) groups is 1. The fourth-order valence-corrected chi connectivity index (χ4v) is 3.26. The topological polar surface area (TPSA) is 63.9 Å². The molecule has 0 aliphatic heterocycles. The molecule has 0 aromatic carbocycles. The van der Waals surface area contributed by atoms with Crippen LogP contribution in [0.4, 0.5) is 0 Å². The van der Waals surface area contributed by atoms with E-state index in [0.717, 1.165) is 12.8 Å². The van der Waals surface area contributed by atoms with E-state index in [1.165, 1.54) is 0 Å². The average molecular weight is 287 g/mol. The number of rotatable bonds is 3. The number of amides is 1. The molecule has 1 aliphatic rings. The van der Waals surface area contributed by atoms with E-state index in [2.05, 4.69) is 29.1 Å². The van der Waals surface area contributed by atoms with Crippen LogP contribution in [0.2, 0.25) is 0 Å². The number of aromatic nitrogens is 4. The number of hydrogen-bond donors (Lipinski definition) is 0. The minimum Gasteiger partial charge on any atom is -0.336 e. The van der Waals surface area contributed by atoms with Gasteiger partial charge in [-0.3, -0.25) is 4.79 Å². The van der Waals surface area contributed by atoms with Crippen LogP contribution in [-0.4, -0.2) is 43.4 Å². The standard InChI is InChI=1S/C15H21N5O/c1-5-20(10-8-15(2,3)9-10)14(21)11-6-7-16-13-12(11)17-18-19(13)4/h6-7,10H,5,8-9H2,1-4H3. The Bertz CT molecular complexity index is 682. The first-order chi connectivity index (χ1) is 9.93. The van der Waals surface area contributed by atoms with E-state index in [4.69, 9.17) is 0 Å². The van der Waals surface area contributed by atoms with E-state index >= 15 is 0 Å². The maximum absolute atomic E-state index is 12.9. The zero-order valence-corrected chi connectivity index (χ0v) is 13.0. The third-order valence-electron chi connectivity index (χ3n) is 4.34. The van der Waals surface area contributed by atoms with Crippen molar-refractivity contribution in [3.8, 4) is 0 Å². The van der Waals surface area contributed by atoms with Gasteiger partial charge in [0.1, 0.15) is 5.52 Å². The normalized spacial score (nSPS) is 17.7. The molecule has 21 heavy (non-hydrogen) atoms. The molecule has 0 radical (unpaired) electrons. The zero-order chi connectivity index (χ0) is 15.2. The molecule has 0 saturated heterocycles. The zero-order valence-electron chi connectivity index (χ0n) is 13.0. The minimum atomic E-state index is 0.0332. The number of fused-ring (bicyclic) bond motifs is 1. The Morgan fingerprint density at radius 3 is 2.81 bits per heavy atom. The second kappa shape index (κ2) is 4.79. The highest BCUT2D eigenvalue weighted by Gasteiger charge is 2.41. The monoisotopic (exact) mass is 287 g/mol. The van der Waals surface area contributed by atoms with Crippen LogP contribution in [0.3, 0.4) is 0 Å². The van der Waals surface area contributed by atoms with E-state index in [9.17, 15) is 4.79 Å². The summed E-state index contributed by atoms with van der Waals surface area (Å²) in [6.45, 7) is 7.23. The third kappa shape index (κ3) is 2.28. The van der Waals surface area contributed by atoms with Crippen molar-refractivity contribution in [2.75, 3.05) is 6.54 Å². The highest BCUT2D eigenvalue weighted by molar-refractivity contribution is 6.04. The lowest BCUT2D eigenvalue weighted by molar-refractivity contribution is 0.0243. The molecule has 112 valence electrons. The number of aryl methyl sites for hydroxylation is 1. The van der Waals surface area contributed by atoms with Crippen LogP contribution in [0.1, 0.15) is 44.0 Å². The van der Waals surface area contributed by atoms with Gasteiger partial charge >= 0.3 is 0 Å². The Balaban J connectivity index is 1.92. The Kier molecular flexibility index (Phi) is 3.19. The van der Waals surface area contributed by atoms with E-state index < -0.39 is 0 Å². The molecule has 0 N–H and O–H groups in total. The quantitative estimate of drug-likeness (QED) is 0.866. The summed E-state index contributed by atoms with van der Waals surface area (Å²) in [5, 5.41) is 8.05. The fraction of sp³-hybridized carbons (Fsp3) is 0.600. The minimum absolute atomic E-state index is 0.0332. The highest BCUT2D eigenvalue weighted by atomic mass is 16.2. The fourth-order valence-electron chi connectivity index (χ4n) is 3.26. The summed E-state index contributed by atoms with van der Waals surface area (Å²) in [7, 11) is 1.78. The predicted molar refractivity (Wildman–Crippen MR) is 79.8 cm³/mol. The molecule has 3 rings (SSSR count). The van der Waals surface area contributed by atoms with Gasteiger partial charge < -0.3 is 4.90 Å². The van der Waals surface area contributed by atoms with Crippen molar-refractivity contribution in [3.05, 3.63) is 17.8 Å². The predicted octanol–water partition coefficient (Wildman–Crippen LogP) is 2.01. The van der Waals surface area contributed by atoms with Crippen LogP contribution >= 0.6 is 0 Å². The summed E-state index contributed by atoms with van der Waals surface area (Å²) in [6, 6.07) is 2.07. The molecule has 0 unspecified atom stereocenters. The lowest BCUT2D eigenvalue weighted by atomic mass is 9.68. The Labute approximate surface area is 124 Å². The first-order valence-electron chi connectivity index (χ1n) is 7.38. The van der Waals surface area contributed by atoms with E-state index in [-0.39, 0.29) is 5.91 Å². The molecule has 0 atom stereocenters. The molecular formula is C15H21N5O. The third-order valence-corrected chi connectivity index (χ3v) is 4.34. The molecular weight excluding hydrogens is 266 g/mol. The lowest BCUT2D eigenvalue weighted by Gasteiger charge is -2.48. The van der Waals surface area contributed by atoms with Crippen molar-refractivity contribution in [2.45, 2.75) is 39.7 Å². The second-order valence-electron chi connectivity index (χ2n) is 6.56. The molecule has 2 aromatic rings. The number of hydrogen-bond acceptors (Lipinski definition) is 4. The maximum Gasteiger partial charge on any atom is 0.256 e. The van der Waals surface area contributed by atoms with E-state index in [1.54, 1.807) is 24.0 Å². The van der Waals surface area contributed by atoms with Crippen molar-refractivity contribution in [1.82, 2.24) is 24.9 Å². The Hall–Kier alpha value is -1.98. The average Bonchev–Trinajstić information content (AvgIpc) is 2.79. The molecule has 1 aliphatic carbocycles. The smallest absolute Gasteiger partial charge is 0.256 e. The van der Waals surface area contributed by atoms with Gasteiger partial charge in [0.2, 0.25) is 0 Å². The van der Waals surface area contributed by atoms with Gasteiger partial charge in [0.15, 0.2) is 5.65 Å². The van der Waals surface area contributed by atoms with Crippen molar-refractivity contribution in [2.24, 2.45) is 12.5 Å². The lowest BCUT2D eigenvalue weighted by Crippen LogP contribution is -2.51. The van der Waals surface area contributed by atoms with Crippen LogP contribution < -0.4 is 0 Å². The highest BCUT2D eigenvalue weighted by Crippen LogP contribution is 2.43. The summed E-state index contributed by atoms with van der Waals surface area (Å²) in [5.41, 5.74) is 2.17. The van der Waals surface area contributed by atoms with Gasteiger partial charge in [0.05, 0.1) is 5.56 Å². The van der Waals surface area contributed by atoms with Crippen LogP contribution in [-0.2, 0) is 7.05 Å². The van der Waals surface area contributed by atoms with Crippen LogP contribution in [0.5, 0.6) is 0 Å². The largest absolute Gasteiger partial charge is 0.336 e. The first kappa shape index (κ1) is 14.0. The van der Waals surface area contributed by atoms with Gasteiger partial charge in [0, 0.05) is 25.8 Å². The molecule has 2 aromatic heterocycles. The van der Waals surface area contributed by atoms with Crippen molar-refractivity contribution in [3.63, 3.8) is 0 Å². The number of carbonyl (C=O) groups excluding carboxylic acids is 1. The van der Waals surface area contributed by atoms with E-state index in [1.807, 2.05) is 11.8 Å². The summed E-state index contributed by atoms with van der Waals surface area (Å²) < 4.78 is 1.59. The van der Waals surface area contributed by atoms with Gasteiger partial charge in [-0.05, 0) is 31.2 Å². The molecule has 0 bridgehead atoms. The molecule has 1 fully saturated rings. The van der Waals surface area contributed by atoms with E-state index in [0.29, 0.717) is 34.7 Å². The molecule has 0 spiro atoms. The molecule has 6 heteroatoms. The van der Waals surface area contributed by atoms with Crippen LogP contribution in [0, 0.1) is 5.41 Å². The van der Waals surface area contributed by atoms with Crippen LogP contribution in [0.25, 0.3) is 11.2 Å². The summed E-state index contributed by atoms with van der Waals surface area (Å²) in [5.74, 6) is 0.0332. The summed E-state index contributed by atoms with van der Waals surface area (Å²) >= 11 is 0. The molecule has 2 heterocycles. The summed E-state index contributed by atoms with van der Waals surface area (Å²) in [6.07, 6.45) is 3.76. The number of nitrogens with zero attached hydrogens (tertiary/aromatic N) is 5. The molecule has 1 amide bonds. The first-order valence-corrected chi connectivity index (χ1v) is 7.38. The van der Waals surface area contributed by atoms with Gasteiger partial charge in [0.25, 0.3) is 5.91 Å².